The molecule has 1 N–H and O–H groups in total. The molecule has 0 atom stereocenters. The summed E-state index contributed by atoms with van der Waals surface area (Å²) in [4.78, 5) is 17.5. The monoisotopic (exact) mass is 400 g/mol. The van der Waals surface area contributed by atoms with Gasteiger partial charge in [0.2, 0.25) is 0 Å². The van der Waals surface area contributed by atoms with Crippen LogP contribution in [0.3, 0.4) is 0 Å². The first-order chi connectivity index (χ1) is 11.8. The summed E-state index contributed by atoms with van der Waals surface area (Å²) in [5.74, 6) is -0.277. The maximum atomic E-state index is 12.3. The first-order valence-corrected chi connectivity index (χ1v) is 10.1. The fraction of sp³-hybridized carbons (Fsp3) is 0.333. The van der Waals surface area contributed by atoms with Gasteiger partial charge < -0.3 is 0 Å². The number of nitrogens with one attached hydrogen (secondary N) is 1. The number of aromatic nitrogens is 1. The molecule has 0 saturated carbocycles. The first-order valence-electron chi connectivity index (χ1n) is 7.50. The number of benzene rings is 1. The number of halogens is 1. The van der Waals surface area contributed by atoms with Crippen LogP contribution in [0.25, 0.3) is 0 Å². The molecule has 1 aromatic heterocycles. The second kappa shape index (κ2) is 7.00. The van der Waals surface area contributed by atoms with Crippen molar-refractivity contribution in [1.82, 2.24) is 13.6 Å². The van der Waals surface area contributed by atoms with Gasteiger partial charge in [-0.05, 0) is 24.3 Å². The molecule has 0 unspecified atom stereocenters. The van der Waals surface area contributed by atoms with Crippen molar-refractivity contribution in [3.8, 4) is 0 Å². The number of amides is 1. The highest BCUT2D eigenvalue weighted by Crippen LogP contribution is 2.30. The Morgan fingerprint density at radius 3 is 2.64 bits per heavy atom. The number of nitrogens with zero attached hydrogens (tertiary/aromatic N) is 3. The predicted octanol–water partition coefficient (Wildman–Crippen LogP) is 2.21. The van der Waals surface area contributed by atoms with Crippen molar-refractivity contribution in [2.45, 2.75) is 13.0 Å². The second-order valence-corrected chi connectivity index (χ2v) is 9.39. The van der Waals surface area contributed by atoms with E-state index in [1.165, 1.54) is 34.0 Å². The van der Waals surface area contributed by atoms with Gasteiger partial charge in [-0.2, -0.15) is 17.0 Å². The normalized spacial score (nSPS) is 15.2. The Hall–Kier alpha value is -1.52. The Morgan fingerprint density at radius 1 is 1.32 bits per heavy atom. The molecule has 0 aliphatic carbocycles. The average Bonchev–Trinajstić information content (AvgIpc) is 2.96. The van der Waals surface area contributed by atoms with Gasteiger partial charge in [-0.1, -0.05) is 11.6 Å². The number of carbonyl (C=O) groups is 1. The Kier molecular flexibility index (Phi) is 5.12. The molecule has 7 nitrogen and oxygen atoms in total. The highest BCUT2D eigenvalue weighted by atomic mass is 35.5. The van der Waals surface area contributed by atoms with Gasteiger partial charge >= 0.3 is 0 Å². The Bertz CT molecular complexity index is 894. The van der Waals surface area contributed by atoms with Gasteiger partial charge in [0, 0.05) is 42.5 Å². The quantitative estimate of drug-likeness (QED) is 0.852. The van der Waals surface area contributed by atoms with Gasteiger partial charge in [-0.15, -0.1) is 11.3 Å². The number of anilines is 1. The molecule has 1 aromatic carbocycles. The highest BCUT2D eigenvalue weighted by molar-refractivity contribution is 7.86. The van der Waals surface area contributed by atoms with Crippen molar-refractivity contribution in [2.24, 2.45) is 0 Å². The van der Waals surface area contributed by atoms with Gasteiger partial charge in [-0.25, -0.2) is 4.98 Å². The summed E-state index contributed by atoms with van der Waals surface area (Å²) in [5.41, 5.74) is 1.32. The van der Waals surface area contributed by atoms with E-state index in [-0.39, 0.29) is 12.5 Å². The first kappa shape index (κ1) is 18.3. The third-order valence-corrected chi connectivity index (χ3v) is 6.95. The molecule has 0 spiro atoms. The van der Waals surface area contributed by atoms with E-state index < -0.39 is 10.2 Å². The van der Waals surface area contributed by atoms with E-state index in [9.17, 15) is 13.2 Å². The number of thiazole rings is 1. The van der Waals surface area contributed by atoms with Gasteiger partial charge in [0.15, 0.2) is 5.13 Å². The lowest BCUT2D eigenvalue weighted by molar-refractivity contribution is 0.102. The van der Waals surface area contributed by atoms with E-state index in [1.807, 2.05) is 0 Å². The van der Waals surface area contributed by atoms with Gasteiger partial charge in [0.05, 0.1) is 12.2 Å². The fourth-order valence-electron chi connectivity index (χ4n) is 2.42. The third kappa shape index (κ3) is 3.85. The zero-order valence-electron chi connectivity index (χ0n) is 13.7. The molecule has 134 valence electrons. The Morgan fingerprint density at radius 2 is 2.00 bits per heavy atom. The summed E-state index contributed by atoms with van der Waals surface area (Å²) in [7, 11) is -0.439. The van der Waals surface area contributed by atoms with Crippen LogP contribution in [0, 0.1) is 0 Å². The molecular formula is C15H17ClN4O3S2. The maximum Gasteiger partial charge on any atom is 0.281 e. The Labute approximate surface area is 155 Å². The van der Waals surface area contributed by atoms with Crippen LogP contribution >= 0.6 is 22.9 Å². The smallest absolute Gasteiger partial charge is 0.281 e. The van der Waals surface area contributed by atoms with Crippen molar-refractivity contribution in [3.63, 3.8) is 0 Å². The van der Waals surface area contributed by atoms with Crippen LogP contribution < -0.4 is 5.32 Å². The predicted molar refractivity (Wildman–Crippen MR) is 98.2 cm³/mol. The van der Waals surface area contributed by atoms with Crippen molar-refractivity contribution < 1.29 is 13.2 Å². The zero-order valence-corrected chi connectivity index (χ0v) is 16.1. The molecule has 10 heteroatoms. The van der Waals surface area contributed by atoms with Crippen molar-refractivity contribution in [1.29, 1.82) is 0 Å². The largest absolute Gasteiger partial charge is 0.298 e. The summed E-state index contributed by atoms with van der Waals surface area (Å²) < 4.78 is 27.1. The van der Waals surface area contributed by atoms with Gasteiger partial charge in [0.1, 0.15) is 0 Å². The second-order valence-electron chi connectivity index (χ2n) is 5.72. The summed E-state index contributed by atoms with van der Waals surface area (Å²) >= 11 is 7.12. The van der Waals surface area contributed by atoms with Crippen LogP contribution in [0.1, 0.15) is 20.9 Å². The van der Waals surface area contributed by atoms with E-state index in [2.05, 4.69) is 10.3 Å². The minimum absolute atomic E-state index is 0.268. The lowest BCUT2D eigenvalue weighted by Crippen LogP contribution is -2.42. The van der Waals surface area contributed by atoms with Crippen LogP contribution in [-0.4, -0.2) is 48.6 Å². The Balaban J connectivity index is 1.74. The summed E-state index contributed by atoms with van der Waals surface area (Å²) in [6.45, 7) is 0.645. The summed E-state index contributed by atoms with van der Waals surface area (Å²) in [5, 5.41) is 3.78. The van der Waals surface area contributed by atoms with E-state index in [4.69, 9.17) is 11.6 Å². The molecule has 0 bridgehead atoms. The van der Waals surface area contributed by atoms with E-state index in [1.54, 1.807) is 24.3 Å². The lowest BCUT2D eigenvalue weighted by Gasteiger charge is -2.27. The molecule has 0 saturated heterocycles. The van der Waals surface area contributed by atoms with Crippen LogP contribution in [0.15, 0.2) is 24.3 Å². The molecule has 1 aliphatic rings. The number of hydrogen-bond acceptors (Lipinski definition) is 5. The van der Waals surface area contributed by atoms with Crippen LogP contribution in [0.5, 0.6) is 0 Å². The minimum atomic E-state index is -3.46. The number of carbonyl (C=O) groups excluding carboxylic acids is 1. The third-order valence-electron chi connectivity index (χ3n) is 3.81. The summed E-state index contributed by atoms with van der Waals surface area (Å²) in [6, 6.07) is 6.56. The molecule has 3 rings (SSSR count). The molecule has 0 fully saturated rings. The van der Waals surface area contributed by atoms with Crippen LogP contribution in [-0.2, 0) is 23.2 Å². The highest BCUT2D eigenvalue weighted by Gasteiger charge is 2.30. The van der Waals surface area contributed by atoms with Gasteiger partial charge in [-0.3, -0.25) is 10.1 Å². The number of fused-ring (bicyclic) bond motifs is 1. The standard InChI is InChI=1S/C15H17ClN4O3S2/c1-19(2)25(22,23)20-8-7-12-13(9-20)24-15(17-12)18-14(21)10-3-5-11(16)6-4-10/h3-6H,7-9H2,1-2H3,(H,17,18,21). The maximum absolute atomic E-state index is 12.3. The topological polar surface area (TPSA) is 82.6 Å². The average molecular weight is 401 g/mol. The van der Waals surface area contributed by atoms with E-state index >= 15 is 0 Å². The SMILES string of the molecule is CN(C)S(=O)(=O)N1CCc2nc(NC(=O)c3ccc(Cl)cc3)sc2C1. The fourth-order valence-corrected chi connectivity index (χ4v) is 4.73. The number of rotatable bonds is 4. The lowest BCUT2D eigenvalue weighted by atomic mass is 10.2. The van der Waals surface area contributed by atoms with Crippen molar-refractivity contribution in [3.05, 3.63) is 45.4 Å². The molecule has 1 aliphatic heterocycles. The molecule has 2 aromatic rings. The molecule has 2 heterocycles. The minimum Gasteiger partial charge on any atom is -0.298 e. The van der Waals surface area contributed by atoms with Crippen LogP contribution in [0.4, 0.5) is 5.13 Å². The van der Waals surface area contributed by atoms with E-state index in [0.29, 0.717) is 28.7 Å². The molecule has 25 heavy (non-hydrogen) atoms. The van der Waals surface area contributed by atoms with Gasteiger partial charge in [0.25, 0.3) is 16.1 Å². The zero-order chi connectivity index (χ0) is 18.2. The van der Waals surface area contributed by atoms with Crippen LogP contribution in [0.2, 0.25) is 5.02 Å². The molecular weight excluding hydrogens is 384 g/mol. The molecule has 0 radical (unpaired) electrons. The number of hydrogen-bond donors (Lipinski definition) is 1. The molecule has 1 amide bonds. The summed E-state index contributed by atoms with van der Waals surface area (Å²) in [6.07, 6.45) is 0.524. The van der Waals surface area contributed by atoms with Crippen molar-refractivity contribution in [2.75, 3.05) is 26.0 Å². The van der Waals surface area contributed by atoms with E-state index in [0.717, 1.165) is 10.6 Å². The van der Waals surface area contributed by atoms with Crippen molar-refractivity contribution >= 4 is 44.2 Å².